The van der Waals surface area contributed by atoms with Gasteiger partial charge in [0, 0.05) is 18.2 Å². The summed E-state index contributed by atoms with van der Waals surface area (Å²) in [5, 5.41) is 9.16. The minimum Gasteiger partial charge on any atom is -0.479 e. The Morgan fingerprint density at radius 1 is 1.22 bits per heavy atom. The predicted octanol–water partition coefficient (Wildman–Crippen LogP) is 1.22. The minimum absolute atomic E-state index is 0.0383. The molecule has 9 heteroatoms. The van der Waals surface area contributed by atoms with Crippen LogP contribution in [0.25, 0.3) is 0 Å². The van der Waals surface area contributed by atoms with Gasteiger partial charge in [0.2, 0.25) is 10.0 Å². The van der Waals surface area contributed by atoms with Crippen LogP contribution in [0.2, 0.25) is 0 Å². The van der Waals surface area contributed by atoms with E-state index in [1.165, 1.54) is 29.2 Å². The van der Waals surface area contributed by atoms with E-state index in [1.807, 2.05) is 0 Å². The predicted molar refractivity (Wildman–Crippen MR) is 96.9 cm³/mol. The van der Waals surface area contributed by atoms with Crippen molar-refractivity contribution in [2.45, 2.75) is 55.8 Å². The second-order valence-electron chi connectivity index (χ2n) is 7.11. The number of aliphatic carboxylic acids is 1. The lowest BCUT2D eigenvalue weighted by molar-refractivity contribution is -0.160. The van der Waals surface area contributed by atoms with Crippen molar-refractivity contribution >= 4 is 21.9 Å². The number of nitrogens with zero attached hydrogens (tertiary/aromatic N) is 1. The van der Waals surface area contributed by atoms with Crippen molar-refractivity contribution in [1.82, 2.24) is 9.62 Å². The average Bonchev–Trinajstić information content (AvgIpc) is 3.13. The monoisotopic (exact) mass is 396 g/mol. The Morgan fingerprint density at radius 2 is 1.93 bits per heavy atom. The maximum Gasteiger partial charge on any atom is 0.334 e. The third kappa shape index (κ3) is 4.66. The topological polar surface area (TPSA) is 113 Å². The van der Waals surface area contributed by atoms with Gasteiger partial charge in [0.1, 0.15) is 0 Å². The molecule has 1 heterocycles. The molecule has 1 aliphatic carbocycles. The smallest absolute Gasteiger partial charge is 0.334 e. The van der Waals surface area contributed by atoms with Crippen LogP contribution >= 0.6 is 0 Å². The molecule has 27 heavy (non-hydrogen) atoms. The highest BCUT2D eigenvalue weighted by molar-refractivity contribution is 7.89. The van der Waals surface area contributed by atoms with Crippen molar-refractivity contribution in [2.24, 2.45) is 0 Å². The first-order valence-electron chi connectivity index (χ1n) is 9.06. The standard InChI is InChI=1S/C18H24N2O6S/c1-12-10-20(11-16(26-12)18(22)23)17(21)13-5-4-8-15(9-13)27(24,25)19-14-6-2-3-7-14/h4-5,8-9,12,14,16,19H,2-3,6-7,10-11H2,1H3,(H,22,23)/t12-,16?/m1/s1. The van der Waals surface area contributed by atoms with Crippen LogP contribution in [0.1, 0.15) is 43.0 Å². The Kier molecular flexibility index (Phi) is 5.83. The Balaban J connectivity index is 1.78. The lowest BCUT2D eigenvalue weighted by Gasteiger charge is -2.35. The van der Waals surface area contributed by atoms with E-state index >= 15 is 0 Å². The fourth-order valence-electron chi connectivity index (χ4n) is 3.56. The number of morpholine rings is 1. The maximum atomic E-state index is 12.8. The van der Waals surface area contributed by atoms with Gasteiger partial charge >= 0.3 is 5.97 Å². The first-order valence-corrected chi connectivity index (χ1v) is 10.5. The quantitative estimate of drug-likeness (QED) is 0.774. The van der Waals surface area contributed by atoms with Crippen LogP contribution in [-0.4, -0.2) is 61.6 Å². The molecule has 0 radical (unpaired) electrons. The summed E-state index contributed by atoms with van der Waals surface area (Å²) in [5.74, 6) is -1.54. The largest absolute Gasteiger partial charge is 0.479 e. The number of rotatable bonds is 5. The summed E-state index contributed by atoms with van der Waals surface area (Å²) in [6.07, 6.45) is 2.14. The summed E-state index contributed by atoms with van der Waals surface area (Å²) in [5.41, 5.74) is 0.211. The molecule has 1 saturated carbocycles. The molecule has 2 atom stereocenters. The van der Waals surface area contributed by atoms with Crippen molar-refractivity contribution in [3.05, 3.63) is 29.8 Å². The molecule has 1 aliphatic heterocycles. The lowest BCUT2D eigenvalue weighted by Crippen LogP contribution is -2.51. The first-order chi connectivity index (χ1) is 12.8. The second-order valence-corrected chi connectivity index (χ2v) is 8.83. The van der Waals surface area contributed by atoms with Crippen LogP contribution in [0.4, 0.5) is 0 Å². The molecule has 0 spiro atoms. The molecule has 3 rings (SSSR count). The highest BCUT2D eigenvalue weighted by Crippen LogP contribution is 2.22. The number of benzene rings is 1. The number of carboxylic acid groups (broad SMARTS) is 1. The number of carbonyl (C=O) groups excluding carboxylic acids is 1. The van der Waals surface area contributed by atoms with E-state index in [1.54, 1.807) is 6.92 Å². The molecule has 1 unspecified atom stereocenters. The molecule has 8 nitrogen and oxygen atoms in total. The van der Waals surface area contributed by atoms with E-state index in [9.17, 15) is 18.0 Å². The summed E-state index contributed by atoms with van der Waals surface area (Å²) in [6, 6.07) is 5.79. The molecular weight excluding hydrogens is 372 g/mol. The SMILES string of the molecule is C[C@@H]1CN(C(=O)c2cccc(S(=O)(=O)NC3CCCC3)c2)CC(C(=O)O)O1. The molecule has 2 fully saturated rings. The van der Waals surface area contributed by atoms with Gasteiger partial charge in [-0.1, -0.05) is 18.9 Å². The zero-order valence-corrected chi connectivity index (χ0v) is 15.9. The van der Waals surface area contributed by atoms with Crippen LogP contribution in [0, 0.1) is 0 Å². The van der Waals surface area contributed by atoms with Crippen LogP contribution in [-0.2, 0) is 19.6 Å². The molecule has 1 saturated heterocycles. The first kappa shape index (κ1) is 19.8. The van der Waals surface area contributed by atoms with Gasteiger partial charge in [-0.2, -0.15) is 0 Å². The summed E-state index contributed by atoms with van der Waals surface area (Å²) in [6.45, 7) is 1.87. The molecule has 148 valence electrons. The molecule has 0 bridgehead atoms. The number of hydrogen-bond donors (Lipinski definition) is 2. The summed E-state index contributed by atoms with van der Waals surface area (Å²) < 4.78 is 33.2. The third-order valence-corrected chi connectivity index (χ3v) is 6.41. The molecule has 1 aromatic carbocycles. The molecule has 2 aliphatic rings. The average molecular weight is 396 g/mol. The lowest BCUT2D eigenvalue weighted by atomic mass is 10.1. The van der Waals surface area contributed by atoms with E-state index in [2.05, 4.69) is 4.72 Å². The second kappa shape index (κ2) is 7.95. The van der Waals surface area contributed by atoms with Gasteiger partial charge in [0.15, 0.2) is 6.10 Å². The van der Waals surface area contributed by atoms with E-state index < -0.39 is 34.1 Å². The number of sulfonamides is 1. The third-order valence-electron chi connectivity index (χ3n) is 4.89. The van der Waals surface area contributed by atoms with Crippen LogP contribution in [0.5, 0.6) is 0 Å². The number of amides is 1. The van der Waals surface area contributed by atoms with Gasteiger partial charge in [-0.15, -0.1) is 0 Å². The number of carbonyl (C=O) groups is 2. The zero-order valence-electron chi connectivity index (χ0n) is 15.1. The van der Waals surface area contributed by atoms with E-state index in [0.29, 0.717) is 0 Å². The Morgan fingerprint density at radius 3 is 2.59 bits per heavy atom. The Bertz CT molecular complexity index is 819. The van der Waals surface area contributed by atoms with Gasteiger partial charge in [0.25, 0.3) is 5.91 Å². The van der Waals surface area contributed by atoms with Gasteiger partial charge < -0.3 is 14.7 Å². The molecule has 2 N–H and O–H groups in total. The fraction of sp³-hybridized carbons (Fsp3) is 0.556. The normalized spacial score (nSPS) is 24.1. The van der Waals surface area contributed by atoms with Crippen molar-refractivity contribution in [2.75, 3.05) is 13.1 Å². The number of ether oxygens (including phenoxy) is 1. The highest BCUT2D eigenvalue weighted by atomic mass is 32.2. The maximum absolute atomic E-state index is 12.8. The number of nitrogens with one attached hydrogen (secondary N) is 1. The molecule has 0 aromatic heterocycles. The Hall–Kier alpha value is -1.97. The van der Waals surface area contributed by atoms with Gasteiger partial charge in [0.05, 0.1) is 17.5 Å². The Labute approximate surface area is 158 Å². The fourth-order valence-corrected chi connectivity index (χ4v) is 4.91. The minimum atomic E-state index is -3.70. The van der Waals surface area contributed by atoms with Crippen LogP contribution < -0.4 is 4.72 Å². The molecular formula is C18H24N2O6S. The van der Waals surface area contributed by atoms with Crippen LogP contribution in [0.3, 0.4) is 0 Å². The number of hydrogen-bond acceptors (Lipinski definition) is 5. The number of carboxylic acids is 1. The highest BCUT2D eigenvalue weighted by Gasteiger charge is 2.33. The van der Waals surface area contributed by atoms with Crippen molar-refractivity contribution in [3.8, 4) is 0 Å². The van der Waals surface area contributed by atoms with Gasteiger partial charge in [-0.05, 0) is 38.0 Å². The zero-order chi connectivity index (χ0) is 19.6. The molecule has 1 amide bonds. The summed E-state index contributed by atoms with van der Waals surface area (Å²) >= 11 is 0. The summed E-state index contributed by atoms with van der Waals surface area (Å²) in [7, 11) is -3.70. The van der Waals surface area contributed by atoms with Crippen molar-refractivity contribution < 1.29 is 27.9 Å². The van der Waals surface area contributed by atoms with E-state index in [0.717, 1.165) is 25.7 Å². The molecule has 1 aromatic rings. The van der Waals surface area contributed by atoms with E-state index in [4.69, 9.17) is 9.84 Å². The van der Waals surface area contributed by atoms with E-state index in [-0.39, 0.29) is 29.6 Å². The van der Waals surface area contributed by atoms with Gasteiger partial charge in [-0.3, -0.25) is 4.79 Å². The van der Waals surface area contributed by atoms with Crippen molar-refractivity contribution in [3.63, 3.8) is 0 Å². The van der Waals surface area contributed by atoms with Crippen LogP contribution in [0.15, 0.2) is 29.2 Å². The summed E-state index contributed by atoms with van der Waals surface area (Å²) in [4.78, 5) is 25.4. The van der Waals surface area contributed by atoms with Crippen molar-refractivity contribution in [1.29, 1.82) is 0 Å². The van der Waals surface area contributed by atoms with Gasteiger partial charge in [-0.25, -0.2) is 17.9 Å².